The first-order valence-electron chi connectivity index (χ1n) is 13.0. The molecule has 3 aromatic heterocycles. The number of fused-ring (bicyclic) bond motifs is 2. The molecule has 3 heterocycles. The predicted octanol–water partition coefficient (Wildman–Crippen LogP) is 2.20. The van der Waals surface area contributed by atoms with Crippen molar-refractivity contribution in [3.63, 3.8) is 0 Å². The lowest BCUT2D eigenvalue weighted by atomic mass is 9.87. The van der Waals surface area contributed by atoms with Gasteiger partial charge in [0.05, 0.1) is 35.5 Å². The molecule has 1 fully saturated rings. The zero-order valence-electron chi connectivity index (χ0n) is 22.3. The Morgan fingerprint density at radius 3 is 2.60 bits per heavy atom. The number of aryl methyl sites for hydroxylation is 2. The van der Waals surface area contributed by atoms with Crippen LogP contribution in [0.5, 0.6) is 0 Å². The molecule has 11 nitrogen and oxygen atoms in total. The van der Waals surface area contributed by atoms with Crippen LogP contribution in [0.25, 0.3) is 22.2 Å². The van der Waals surface area contributed by atoms with Crippen molar-refractivity contribution in [2.75, 3.05) is 7.05 Å². The summed E-state index contributed by atoms with van der Waals surface area (Å²) in [6, 6.07) is 5.23. The lowest BCUT2D eigenvalue weighted by Gasteiger charge is -2.40. The Hall–Kier alpha value is -3.94. The van der Waals surface area contributed by atoms with Crippen molar-refractivity contribution in [2.24, 2.45) is 14.1 Å². The van der Waals surface area contributed by atoms with Gasteiger partial charge in [0.1, 0.15) is 5.65 Å². The van der Waals surface area contributed by atoms with E-state index in [4.69, 9.17) is 0 Å². The highest BCUT2D eigenvalue weighted by Crippen LogP contribution is 2.34. The second-order valence-corrected chi connectivity index (χ2v) is 10.3. The van der Waals surface area contributed by atoms with Crippen molar-refractivity contribution in [3.8, 4) is 0 Å². The maximum Gasteiger partial charge on any atom is 0.449 e. The minimum absolute atomic E-state index is 0.0211. The van der Waals surface area contributed by atoms with Crippen LogP contribution < -0.4 is 11.2 Å². The number of aliphatic hydroxyl groups is 1. The highest BCUT2D eigenvalue weighted by atomic mass is 19.4. The molecule has 3 atom stereocenters. The molecule has 1 N–H and O–H groups in total. The molecule has 0 saturated heterocycles. The second kappa shape index (κ2) is 10.2. The van der Waals surface area contributed by atoms with Crippen molar-refractivity contribution in [1.82, 2.24) is 33.1 Å². The molecule has 0 unspecified atom stereocenters. The fourth-order valence-corrected chi connectivity index (χ4v) is 5.77. The van der Waals surface area contributed by atoms with E-state index in [2.05, 4.69) is 9.97 Å². The Labute approximate surface area is 226 Å². The maximum absolute atomic E-state index is 13.6. The van der Waals surface area contributed by atoms with Gasteiger partial charge in [-0.25, -0.2) is 14.8 Å². The van der Waals surface area contributed by atoms with Crippen LogP contribution in [-0.4, -0.2) is 63.3 Å². The second-order valence-electron chi connectivity index (χ2n) is 10.3. The first-order valence-corrected chi connectivity index (χ1v) is 13.0. The summed E-state index contributed by atoms with van der Waals surface area (Å²) in [6.45, 7) is -0.0468. The molecule has 214 valence electrons. The lowest BCUT2D eigenvalue weighted by molar-refractivity contribution is -0.147. The third-order valence-electron chi connectivity index (χ3n) is 7.88. The number of carbonyl (C=O) groups is 1. The van der Waals surface area contributed by atoms with E-state index in [1.54, 1.807) is 29.8 Å². The van der Waals surface area contributed by atoms with Gasteiger partial charge in [-0.05, 0) is 37.8 Å². The summed E-state index contributed by atoms with van der Waals surface area (Å²) in [5, 5.41) is 11.3. The van der Waals surface area contributed by atoms with Gasteiger partial charge in [-0.1, -0.05) is 12.1 Å². The van der Waals surface area contributed by atoms with Gasteiger partial charge in [-0.3, -0.25) is 18.7 Å². The molecular formula is C26H30F3N7O4. The van der Waals surface area contributed by atoms with E-state index < -0.39 is 41.4 Å². The summed E-state index contributed by atoms with van der Waals surface area (Å²) >= 11 is 0. The first-order chi connectivity index (χ1) is 18.9. The van der Waals surface area contributed by atoms with E-state index in [1.165, 1.54) is 36.0 Å². The Bertz CT molecular complexity index is 1700. The SMILES string of the molecule is CN(C(=O)CCCn1c(C(F)(F)F)nc2ccccc21)[C@@H]1CCC[C@@H](n2cnc3c(=O)n(C)c(=O)n(C)c32)[C@@H]1O. The van der Waals surface area contributed by atoms with Crippen LogP contribution in [0.15, 0.2) is 40.2 Å². The van der Waals surface area contributed by atoms with Gasteiger partial charge in [-0.15, -0.1) is 0 Å². The highest BCUT2D eigenvalue weighted by Gasteiger charge is 2.39. The molecule has 1 aliphatic rings. The van der Waals surface area contributed by atoms with Gasteiger partial charge in [0.2, 0.25) is 11.7 Å². The minimum atomic E-state index is -4.63. The summed E-state index contributed by atoms with van der Waals surface area (Å²) in [6.07, 6.45) is -2.36. The number of carbonyl (C=O) groups excluding carboxylic acids is 1. The van der Waals surface area contributed by atoms with E-state index in [1.807, 2.05) is 0 Å². The van der Waals surface area contributed by atoms with E-state index in [0.717, 1.165) is 9.13 Å². The van der Waals surface area contributed by atoms with Crippen molar-refractivity contribution in [3.05, 3.63) is 57.3 Å². The minimum Gasteiger partial charge on any atom is -0.389 e. The Morgan fingerprint density at radius 1 is 1.15 bits per heavy atom. The quantitative estimate of drug-likeness (QED) is 0.386. The average molecular weight is 562 g/mol. The summed E-state index contributed by atoms with van der Waals surface area (Å²) in [5.41, 5.74) is -0.0820. The third kappa shape index (κ3) is 4.59. The Kier molecular flexibility index (Phi) is 7.06. The largest absolute Gasteiger partial charge is 0.449 e. The maximum atomic E-state index is 13.6. The number of benzene rings is 1. The molecule has 4 aromatic rings. The number of rotatable bonds is 6. The number of para-hydroxylation sites is 2. The summed E-state index contributed by atoms with van der Waals surface area (Å²) < 4.78 is 45.8. The number of likely N-dealkylation sites (N-methyl/N-ethyl adjacent to an activating group) is 1. The average Bonchev–Trinajstić information content (AvgIpc) is 3.53. The Balaban J connectivity index is 1.32. The number of hydrogen-bond donors (Lipinski definition) is 1. The molecule has 1 aliphatic carbocycles. The normalized spacial score (nSPS) is 19.9. The molecule has 40 heavy (non-hydrogen) atoms. The number of nitrogens with zero attached hydrogens (tertiary/aromatic N) is 7. The van der Waals surface area contributed by atoms with Crippen molar-refractivity contribution in [1.29, 1.82) is 0 Å². The highest BCUT2D eigenvalue weighted by molar-refractivity contribution is 5.77. The van der Waals surface area contributed by atoms with Crippen LogP contribution in [0.4, 0.5) is 13.2 Å². The van der Waals surface area contributed by atoms with Crippen LogP contribution in [0.1, 0.15) is 44.0 Å². The van der Waals surface area contributed by atoms with Crippen LogP contribution in [0.2, 0.25) is 0 Å². The van der Waals surface area contributed by atoms with Gasteiger partial charge in [0.25, 0.3) is 5.56 Å². The summed E-state index contributed by atoms with van der Waals surface area (Å²) in [4.78, 5) is 47.6. The molecule has 1 aromatic carbocycles. The molecule has 0 spiro atoms. The number of aromatic nitrogens is 6. The number of imidazole rings is 2. The van der Waals surface area contributed by atoms with E-state index in [0.29, 0.717) is 30.4 Å². The van der Waals surface area contributed by atoms with E-state index in [-0.39, 0.29) is 36.3 Å². The van der Waals surface area contributed by atoms with Crippen LogP contribution in [0.3, 0.4) is 0 Å². The topological polar surface area (TPSA) is 120 Å². The lowest BCUT2D eigenvalue weighted by Crippen LogP contribution is -2.50. The molecule has 14 heteroatoms. The molecule has 0 aliphatic heterocycles. The number of amides is 1. The standard InChI is InChI=1S/C26H30F3N7O4/c1-32(19(37)12-7-13-35-16-9-5-4-8-15(16)31-24(35)26(27,28)29)17-10-6-11-18(21(17)38)36-14-30-20-22(36)33(2)25(40)34(3)23(20)39/h4-5,8-9,14,17-18,21,38H,6-7,10-13H2,1-3H3/t17-,18-,21-/m1/s1. The van der Waals surface area contributed by atoms with Crippen molar-refractivity contribution >= 4 is 28.1 Å². The van der Waals surface area contributed by atoms with Gasteiger partial charge < -0.3 is 19.1 Å². The van der Waals surface area contributed by atoms with Crippen LogP contribution in [-0.2, 0) is 31.6 Å². The van der Waals surface area contributed by atoms with Crippen molar-refractivity contribution < 1.29 is 23.1 Å². The third-order valence-corrected chi connectivity index (χ3v) is 7.88. The molecule has 0 radical (unpaired) electrons. The van der Waals surface area contributed by atoms with Gasteiger partial charge in [-0.2, -0.15) is 13.2 Å². The summed E-state index contributed by atoms with van der Waals surface area (Å²) in [5.74, 6) is -1.31. The molecule has 0 bridgehead atoms. The molecule has 1 saturated carbocycles. The monoisotopic (exact) mass is 561 g/mol. The zero-order chi connectivity index (χ0) is 28.9. The molecule has 1 amide bonds. The smallest absolute Gasteiger partial charge is 0.389 e. The zero-order valence-corrected chi connectivity index (χ0v) is 22.3. The molecule has 5 rings (SSSR count). The van der Waals surface area contributed by atoms with Crippen LogP contribution in [0, 0.1) is 0 Å². The van der Waals surface area contributed by atoms with E-state index >= 15 is 0 Å². The number of hydrogen-bond acceptors (Lipinski definition) is 6. The summed E-state index contributed by atoms with van der Waals surface area (Å²) in [7, 11) is 4.47. The first kappa shape index (κ1) is 27.6. The van der Waals surface area contributed by atoms with Gasteiger partial charge >= 0.3 is 11.9 Å². The predicted molar refractivity (Wildman–Crippen MR) is 140 cm³/mol. The number of alkyl halides is 3. The fraction of sp³-hybridized carbons (Fsp3) is 0.500. The van der Waals surface area contributed by atoms with Crippen molar-refractivity contribution in [2.45, 2.75) is 63.0 Å². The fourth-order valence-electron chi connectivity index (χ4n) is 5.77. The number of aliphatic hydroxyl groups excluding tert-OH is 1. The van der Waals surface area contributed by atoms with Gasteiger partial charge in [0, 0.05) is 34.1 Å². The molecular weight excluding hydrogens is 531 g/mol. The Morgan fingerprint density at radius 2 is 1.88 bits per heavy atom. The van der Waals surface area contributed by atoms with Gasteiger partial charge in [0.15, 0.2) is 5.52 Å². The van der Waals surface area contributed by atoms with E-state index in [9.17, 15) is 32.7 Å². The number of halogens is 3. The van der Waals surface area contributed by atoms with Crippen LogP contribution >= 0.6 is 0 Å².